The third-order valence-corrected chi connectivity index (χ3v) is 4.25. The predicted octanol–water partition coefficient (Wildman–Crippen LogP) is -5.51. The predicted molar refractivity (Wildman–Crippen MR) is 80.3 cm³/mol. The fraction of sp³-hybridized carbons (Fsp3) is 0.667. The zero-order valence-electron chi connectivity index (χ0n) is 14.7. The van der Waals surface area contributed by atoms with Gasteiger partial charge in [-0.1, -0.05) is 0 Å². The summed E-state index contributed by atoms with van der Waals surface area (Å²) in [6.07, 6.45) is -3.59. The van der Waals surface area contributed by atoms with Crippen molar-refractivity contribution in [1.82, 2.24) is 9.55 Å². The van der Waals surface area contributed by atoms with Gasteiger partial charge in [0.05, 0.1) is 19.0 Å². The molecule has 1 aromatic heterocycles. The molecule has 1 aromatic rings. The van der Waals surface area contributed by atoms with Gasteiger partial charge in [0.1, 0.15) is 18.3 Å². The first-order valence-electron chi connectivity index (χ1n) is 6.97. The Morgan fingerprint density at radius 2 is 2.08 bits per heavy atom. The Kier molecular flexibility index (Phi) is 7.98. The maximum absolute atomic E-state index is 12.0. The van der Waals surface area contributed by atoms with E-state index in [1.165, 1.54) is 13.1 Å². The molecule has 1 fully saturated rings. The third-order valence-electron chi connectivity index (χ3n) is 3.56. The number of H-pyrrole nitrogens is 1. The average Bonchev–Trinajstić information content (AvgIpc) is 2.78. The van der Waals surface area contributed by atoms with Crippen LogP contribution in [-0.4, -0.2) is 70.0 Å². The van der Waals surface area contributed by atoms with Crippen LogP contribution in [0.3, 0.4) is 0 Å². The van der Waals surface area contributed by atoms with Crippen molar-refractivity contribution in [3.05, 3.63) is 32.6 Å². The second kappa shape index (κ2) is 8.88. The fourth-order valence-electron chi connectivity index (χ4n) is 2.34. The zero-order chi connectivity index (χ0) is 18.1. The quantitative estimate of drug-likeness (QED) is 0.273. The molecule has 1 saturated heterocycles. The van der Waals surface area contributed by atoms with Crippen molar-refractivity contribution >= 4 is 10.1 Å². The minimum absolute atomic E-state index is 0. The first-order chi connectivity index (χ1) is 11.1. The average molecular weight is 390 g/mol. The summed E-state index contributed by atoms with van der Waals surface area (Å²) >= 11 is 0. The van der Waals surface area contributed by atoms with Crippen LogP contribution in [0, 0.1) is 6.92 Å². The van der Waals surface area contributed by atoms with Gasteiger partial charge >= 0.3 is 35.2 Å². The van der Waals surface area contributed by atoms with Gasteiger partial charge in [0.15, 0.2) is 6.23 Å². The first kappa shape index (κ1) is 22.5. The van der Waals surface area contributed by atoms with Gasteiger partial charge in [0.25, 0.3) is 15.7 Å². The number of aliphatic hydroxyl groups excluding tert-OH is 2. The molecule has 0 bridgehead atoms. The van der Waals surface area contributed by atoms with Gasteiger partial charge in [0, 0.05) is 11.8 Å². The molecule has 0 radical (unpaired) electrons. The third kappa shape index (κ3) is 5.45. The maximum Gasteiger partial charge on any atom is 1.00 e. The smallest absolute Gasteiger partial charge is 1.00 e. The van der Waals surface area contributed by atoms with Gasteiger partial charge in [-0.25, -0.2) is 4.79 Å². The molecule has 2 heterocycles. The molecule has 25 heavy (non-hydrogen) atoms. The Morgan fingerprint density at radius 1 is 1.44 bits per heavy atom. The molecule has 0 saturated carbocycles. The van der Waals surface area contributed by atoms with E-state index in [2.05, 4.69) is 4.98 Å². The number of aryl methyl sites for hydroxylation is 1. The summed E-state index contributed by atoms with van der Waals surface area (Å²) in [5, 5.41) is 19.3. The molecule has 4 N–H and O–H groups in total. The van der Waals surface area contributed by atoms with E-state index in [-0.39, 0.29) is 36.5 Å². The first-order valence-corrected chi connectivity index (χ1v) is 8.58. The zero-order valence-corrected chi connectivity index (χ0v) is 16.5. The minimum atomic E-state index is -4.27. The van der Waals surface area contributed by atoms with Crippen molar-refractivity contribution in [2.75, 3.05) is 19.0 Å². The summed E-state index contributed by atoms with van der Waals surface area (Å²) in [4.78, 5) is 25.5. The standard InChI is InChI=1S/C12H18N2O9S.Na.H/c1-6-4-14(12(18)13-10(6)17)11-9(8(16)7(5-15)23-11)22-2-3-24(19,20)21;;/h4,7-9,11,15-16H,2-3,5H2,1H3,(H,13,17,18)(H,19,20,21);;/q;+1;-1/t7-,8?,9?,11-;;/m0../s1. The number of hydrogen-bond acceptors (Lipinski definition) is 8. The molecule has 0 amide bonds. The van der Waals surface area contributed by atoms with Gasteiger partial charge in [-0.15, -0.1) is 0 Å². The summed E-state index contributed by atoms with van der Waals surface area (Å²) < 4.78 is 41.8. The van der Waals surface area contributed by atoms with Crippen molar-refractivity contribution in [3.63, 3.8) is 0 Å². The Bertz CT molecular complexity index is 812. The number of aromatic nitrogens is 2. The van der Waals surface area contributed by atoms with E-state index < -0.39 is 64.9 Å². The van der Waals surface area contributed by atoms with Crippen LogP contribution < -0.4 is 40.8 Å². The molecule has 0 spiro atoms. The second-order valence-electron chi connectivity index (χ2n) is 5.34. The molecule has 2 unspecified atom stereocenters. The van der Waals surface area contributed by atoms with Gasteiger partial charge in [-0.05, 0) is 6.92 Å². The Labute approximate surface area is 166 Å². The second-order valence-corrected chi connectivity index (χ2v) is 6.91. The van der Waals surface area contributed by atoms with Gasteiger partial charge in [0.2, 0.25) is 0 Å². The molecule has 1 aliphatic heterocycles. The molecule has 1 aliphatic rings. The van der Waals surface area contributed by atoms with Crippen LogP contribution in [0.1, 0.15) is 13.2 Å². The van der Waals surface area contributed by atoms with Gasteiger partial charge in [-0.2, -0.15) is 8.42 Å². The summed E-state index contributed by atoms with van der Waals surface area (Å²) in [6, 6.07) is 0. The van der Waals surface area contributed by atoms with Crippen LogP contribution in [-0.2, 0) is 19.6 Å². The number of rotatable bonds is 6. The van der Waals surface area contributed by atoms with Crippen molar-refractivity contribution in [1.29, 1.82) is 0 Å². The molecule has 4 atom stereocenters. The Hall–Kier alpha value is -0.570. The van der Waals surface area contributed by atoms with Crippen LogP contribution in [0.5, 0.6) is 0 Å². The molecule has 13 heteroatoms. The molecule has 0 aromatic carbocycles. The van der Waals surface area contributed by atoms with Crippen molar-refractivity contribution in [2.45, 2.75) is 31.5 Å². The van der Waals surface area contributed by atoms with Crippen LogP contribution >= 0.6 is 0 Å². The Morgan fingerprint density at radius 3 is 2.64 bits per heavy atom. The van der Waals surface area contributed by atoms with E-state index in [0.29, 0.717) is 0 Å². The largest absolute Gasteiger partial charge is 1.00 e. The monoisotopic (exact) mass is 390 g/mol. The van der Waals surface area contributed by atoms with E-state index in [1.54, 1.807) is 0 Å². The van der Waals surface area contributed by atoms with E-state index in [4.69, 9.17) is 14.0 Å². The van der Waals surface area contributed by atoms with Crippen molar-refractivity contribution < 1.29 is 63.6 Å². The van der Waals surface area contributed by atoms with E-state index >= 15 is 0 Å². The summed E-state index contributed by atoms with van der Waals surface area (Å²) in [6.45, 7) is 0.431. The van der Waals surface area contributed by atoms with Gasteiger partial charge < -0.3 is 21.1 Å². The SMILES string of the molecule is Cc1cn([C@H]2O[C@@H](CO)C(O)C2OCCS(=O)(=O)O)c(=O)[nH]c1=O.[H-].[Na+]. The summed E-state index contributed by atoms with van der Waals surface area (Å²) in [7, 11) is -4.27. The number of nitrogens with zero attached hydrogens (tertiary/aromatic N) is 1. The molecular weight excluding hydrogens is 371 g/mol. The molecule has 0 aliphatic carbocycles. The van der Waals surface area contributed by atoms with Crippen LogP contribution in [0.15, 0.2) is 15.8 Å². The van der Waals surface area contributed by atoms with E-state index in [1.807, 2.05) is 0 Å². The fourth-order valence-corrected chi connectivity index (χ4v) is 2.64. The van der Waals surface area contributed by atoms with E-state index in [0.717, 1.165) is 4.57 Å². The number of ether oxygens (including phenoxy) is 2. The minimum Gasteiger partial charge on any atom is -1.00 e. The van der Waals surface area contributed by atoms with Crippen molar-refractivity contribution in [3.8, 4) is 0 Å². The normalized spacial score (nSPS) is 26.4. The van der Waals surface area contributed by atoms with Gasteiger partial charge in [-0.3, -0.25) is 18.9 Å². The number of hydrogen-bond donors (Lipinski definition) is 4. The van der Waals surface area contributed by atoms with Crippen molar-refractivity contribution in [2.24, 2.45) is 0 Å². The number of aromatic amines is 1. The molecule has 2 rings (SSSR count). The summed E-state index contributed by atoms with van der Waals surface area (Å²) in [5.41, 5.74) is -1.20. The number of aliphatic hydroxyl groups is 2. The molecular formula is C12H19N2NaO9S. The number of nitrogens with one attached hydrogen (secondary N) is 1. The molecule has 138 valence electrons. The van der Waals surface area contributed by atoms with Crippen LogP contribution in [0.2, 0.25) is 0 Å². The van der Waals surface area contributed by atoms with E-state index in [9.17, 15) is 28.2 Å². The van der Waals surface area contributed by atoms with Crippen LogP contribution in [0.4, 0.5) is 0 Å². The Balaban J connectivity index is 0.00000312. The maximum atomic E-state index is 12.0. The molecule has 11 nitrogen and oxygen atoms in total. The topological polar surface area (TPSA) is 168 Å². The summed E-state index contributed by atoms with van der Waals surface area (Å²) in [5.74, 6) is -0.716. The van der Waals surface area contributed by atoms with Crippen LogP contribution in [0.25, 0.3) is 0 Å².